The molecule has 7 nitrogen and oxygen atoms in total. The maximum Gasteiger partial charge on any atom is 0.321 e. The van der Waals surface area contributed by atoms with Crippen molar-refractivity contribution in [3.8, 4) is 17.2 Å². The van der Waals surface area contributed by atoms with Crippen LogP contribution in [-0.4, -0.2) is 41.3 Å². The van der Waals surface area contributed by atoms with Gasteiger partial charge < -0.3 is 19.4 Å². The predicted molar refractivity (Wildman–Crippen MR) is 105 cm³/mol. The highest BCUT2D eigenvalue weighted by Gasteiger charge is 2.28. The van der Waals surface area contributed by atoms with Crippen LogP contribution in [0.5, 0.6) is 5.75 Å². The van der Waals surface area contributed by atoms with Crippen LogP contribution in [0.4, 0.5) is 14.9 Å². The minimum atomic E-state index is -0.321. The number of carbonyl (C=O) groups excluding carboxylic acids is 1. The van der Waals surface area contributed by atoms with Crippen LogP contribution in [0.3, 0.4) is 0 Å². The minimum Gasteiger partial charge on any atom is -0.497 e. The number of likely N-dealkylation sites (tertiary alicyclic amines) is 1. The van der Waals surface area contributed by atoms with E-state index in [1.807, 2.05) is 18.2 Å². The molecule has 0 spiro atoms. The van der Waals surface area contributed by atoms with Gasteiger partial charge in [0.15, 0.2) is 0 Å². The van der Waals surface area contributed by atoms with Crippen molar-refractivity contribution in [1.29, 1.82) is 0 Å². The van der Waals surface area contributed by atoms with E-state index in [-0.39, 0.29) is 17.8 Å². The van der Waals surface area contributed by atoms with Crippen LogP contribution in [0.15, 0.2) is 52.9 Å². The van der Waals surface area contributed by atoms with Gasteiger partial charge in [-0.05, 0) is 49.2 Å². The summed E-state index contributed by atoms with van der Waals surface area (Å²) < 4.78 is 24.1. The van der Waals surface area contributed by atoms with Crippen LogP contribution in [0.25, 0.3) is 11.5 Å². The van der Waals surface area contributed by atoms with Gasteiger partial charge in [-0.3, -0.25) is 0 Å². The number of halogens is 1. The first-order chi connectivity index (χ1) is 14.1. The summed E-state index contributed by atoms with van der Waals surface area (Å²) >= 11 is 0. The standard InChI is InChI=1S/C21H21FN4O3/c1-28-18-6-2-5-17(12-18)23-21(27)26-11-3-4-15(13-26)20-25-24-19(29-20)14-7-9-16(22)10-8-14/h2,5-10,12,15H,3-4,11,13H2,1H3,(H,23,27). The fourth-order valence-electron chi connectivity index (χ4n) is 3.38. The monoisotopic (exact) mass is 396 g/mol. The van der Waals surface area contributed by atoms with Crippen molar-refractivity contribution >= 4 is 11.7 Å². The molecule has 0 bridgehead atoms. The molecule has 1 aliphatic rings. The van der Waals surface area contributed by atoms with E-state index in [0.717, 1.165) is 12.8 Å². The Morgan fingerprint density at radius 3 is 2.86 bits per heavy atom. The van der Waals surface area contributed by atoms with Crippen molar-refractivity contribution in [3.63, 3.8) is 0 Å². The van der Waals surface area contributed by atoms with E-state index in [9.17, 15) is 9.18 Å². The molecule has 0 aliphatic carbocycles. The number of benzene rings is 2. The van der Waals surface area contributed by atoms with Crippen molar-refractivity contribution < 1.29 is 18.3 Å². The van der Waals surface area contributed by atoms with Gasteiger partial charge in [0, 0.05) is 30.4 Å². The van der Waals surface area contributed by atoms with E-state index in [1.54, 1.807) is 30.2 Å². The number of ether oxygens (including phenoxy) is 1. The number of rotatable bonds is 4. The summed E-state index contributed by atoms with van der Waals surface area (Å²) in [6.45, 7) is 1.14. The van der Waals surface area contributed by atoms with Crippen LogP contribution in [0.2, 0.25) is 0 Å². The second-order valence-corrected chi connectivity index (χ2v) is 6.90. The number of piperidine rings is 1. The molecule has 0 radical (unpaired) electrons. The molecule has 150 valence electrons. The van der Waals surface area contributed by atoms with Gasteiger partial charge in [-0.2, -0.15) is 0 Å². The molecule has 0 saturated carbocycles. The minimum absolute atomic E-state index is 0.0403. The zero-order chi connectivity index (χ0) is 20.2. The molecule has 1 N–H and O–H groups in total. The summed E-state index contributed by atoms with van der Waals surface area (Å²) in [5, 5.41) is 11.1. The summed E-state index contributed by atoms with van der Waals surface area (Å²) in [4.78, 5) is 14.4. The van der Waals surface area contributed by atoms with Crippen LogP contribution < -0.4 is 10.1 Å². The van der Waals surface area contributed by atoms with Gasteiger partial charge in [-0.15, -0.1) is 10.2 Å². The molecule has 1 unspecified atom stereocenters. The fourth-order valence-corrected chi connectivity index (χ4v) is 3.38. The SMILES string of the molecule is COc1cccc(NC(=O)N2CCCC(c3nnc(-c4ccc(F)cc4)o3)C2)c1. The van der Waals surface area contributed by atoms with E-state index in [4.69, 9.17) is 9.15 Å². The highest BCUT2D eigenvalue weighted by molar-refractivity contribution is 5.89. The van der Waals surface area contributed by atoms with E-state index in [2.05, 4.69) is 15.5 Å². The number of anilines is 1. The van der Waals surface area contributed by atoms with Crippen LogP contribution in [0.1, 0.15) is 24.7 Å². The third-order valence-electron chi connectivity index (χ3n) is 4.91. The number of nitrogens with zero attached hydrogens (tertiary/aromatic N) is 3. The van der Waals surface area contributed by atoms with Gasteiger partial charge in [-0.1, -0.05) is 6.07 Å². The van der Waals surface area contributed by atoms with Crippen LogP contribution in [-0.2, 0) is 0 Å². The zero-order valence-corrected chi connectivity index (χ0v) is 16.0. The lowest BCUT2D eigenvalue weighted by atomic mass is 9.98. The van der Waals surface area contributed by atoms with Crippen molar-refractivity contribution in [1.82, 2.24) is 15.1 Å². The van der Waals surface area contributed by atoms with Crippen LogP contribution in [0, 0.1) is 5.82 Å². The Morgan fingerprint density at radius 2 is 2.07 bits per heavy atom. The Bertz CT molecular complexity index is 990. The normalized spacial score (nSPS) is 16.5. The maximum atomic E-state index is 13.1. The number of urea groups is 1. The third kappa shape index (κ3) is 4.37. The van der Waals surface area contributed by atoms with Crippen molar-refractivity contribution in [2.45, 2.75) is 18.8 Å². The smallest absolute Gasteiger partial charge is 0.321 e. The number of carbonyl (C=O) groups is 1. The molecule has 1 atom stereocenters. The molecular formula is C21H21FN4O3. The fraction of sp³-hybridized carbons (Fsp3) is 0.286. The summed E-state index contributed by atoms with van der Waals surface area (Å²) in [6, 6.07) is 12.9. The van der Waals surface area contributed by atoms with Crippen LogP contribution >= 0.6 is 0 Å². The van der Waals surface area contributed by atoms with Gasteiger partial charge in [0.05, 0.1) is 13.0 Å². The molecule has 8 heteroatoms. The number of hydrogen-bond donors (Lipinski definition) is 1. The lowest BCUT2D eigenvalue weighted by molar-refractivity contribution is 0.187. The van der Waals surface area contributed by atoms with Gasteiger partial charge in [0.2, 0.25) is 11.8 Å². The first-order valence-corrected chi connectivity index (χ1v) is 9.41. The van der Waals surface area contributed by atoms with E-state index in [0.29, 0.717) is 41.9 Å². The molecule has 1 aromatic heterocycles. The molecule has 2 aromatic carbocycles. The molecule has 1 aliphatic heterocycles. The quantitative estimate of drug-likeness (QED) is 0.711. The molecule has 3 aromatic rings. The van der Waals surface area contributed by atoms with E-state index < -0.39 is 0 Å². The highest BCUT2D eigenvalue weighted by Crippen LogP contribution is 2.29. The molecule has 4 rings (SSSR count). The Labute approximate surface area is 167 Å². The molecule has 2 heterocycles. The van der Waals surface area contributed by atoms with Crippen molar-refractivity contribution in [3.05, 3.63) is 60.2 Å². The molecule has 1 saturated heterocycles. The number of amides is 2. The highest BCUT2D eigenvalue weighted by atomic mass is 19.1. The number of hydrogen-bond acceptors (Lipinski definition) is 5. The first kappa shape index (κ1) is 18.9. The van der Waals surface area contributed by atoms with Gasteiger partial charge in [0.25, 0.3) is 0 Å². The molecule has 1 fully saturated rings. The summed E-state index contributed by atoms with van der Waals surface area (Å²) in [5.41, 5.74) is 1.33. The second kappa shape index (κ2) is 8.30. The first-order valence-electron chi connectivity index (χ1n) is 9.41. The Hall–Kier alpha value is -3.42. The third-order valence-corrected chi connectivity index (χ3v) is 4.91. The maximum absolute atomic E-state index is 13.1. The lowest BCUT2D eigenvalue weighted by Gasteiger charge is -2.31. The topological polar surface area (TPSA) is 80.5 Å². The van der Waals surface area contributed by atoms with Crippen molar-refractivity contribution in [2.75, 3.05) is 25.5 Å². The number of nitrogens with one attached hydrogen (secondary N) is 1. The number of methoxy groups -OCH3 is 1. The van der Waals surface area contributed by atoms with Crippen molar-refractivity contribution in [2.24, 2.45) is 0 Å². The summed E-state index contributed by atoms with van der Waals surface area (Å²) in [7, 11) is 1.58. The van der Waals surface area contributed by atoms with Gasteiger partial charge in [-0.25, -0.2) is 9.18 Å². The zero-order valence-electron chi connectivity index (χ0n) is 16.0. The average molecular weight is 396 g/mol. The summed E-state index contributed by atoms with van der Waals surface area (Å²) in [5.74, 6) is 1.15. The number of aromatic nitrogens is 2. The Balaban J connectivity index is 1.43. The second-order valence-electron chi connectivity index (χ2n) is 6.90. The Kier molecular flexibility index (Phi) is 5.41. The summed E-state index contributed by atoms with van der Waals surface area (Å²) in [6.07, 6.45) is 1.69. The van der Waals surface area contributed by atoms with E-state index in [1.165, 1.54) is 12.1 Å². The predicted octanol–water partition coefficient (Wildman–Crippen LogP) is 4.30. The lowest BCUT2D eigenvalue weighted by Crippen LogP contribution is -2.41. The Morgan fingerprint density at radius 1 is 1.24 bits per heavy atom. The van der Waals surface area contributed by atoms with Gasteiger partial charge >= 0.3 is 6.03 Å². The van der Waals surface area contributed by atoms with Gasteiger partial charge in [0.1, 0.15) is 11.6 Å². The largest absolute Gasteiger partial charge is 0.497 e. The molecule has 2 amide bonds. The molecular weight excluding hydrogens is 375 g/mol. The average Bonchev–Trinajstić information content (AvgIpc) is 3.25. The molecule has 29 heavy (non-hydrogen) atoms. The van der Waals surface area contributed by atoms with E-state index >= 15 is 0 Å².